The Kier molecular flexibility index (Phi) is 8.09. The molecular formula is C21H23ClN2OS3. The van der Waals surface area contributed by atoms with E-state index in [-0.39, 0.29) is 5.91 Å². The fraction of sp³-hybridized carbons (Fsp3) is 0.333. The van der Waals surface area contributed by atoms with Gasteiger partial charge in [-0.3, -0.25) is 4.79 Å². The lowest BCUT2D eigenvalue weighted by atomic mass is 10.2. The molecule has 0 N–H and O–H groups in total. The summed E-state index contributed by atoms with van der Waals surface area (Å²) in [6.07, 6.45) is 3.37. The molecule has 0 spiro atoms. The lowest BCUT2D eigenvalue weighted by Crippen LogP contribution is -2.18. The van der Waals surface area contributed by atoms with E-state index in [4.69, 9.17) is 11.6 Å². The monoisotopic (exact) mass is 450 g/mol. The Hall–Kier alpha value is -1.21. The van der Waals surface area contributed by atoms with Gasteiger partial charge in [-0.05, 0) is 55.7 Å². The second-order valence-electron chi connectivity index (χ2n) is 6.41. The third kappa shape index (κ3) is 5.89. The molecule has 1 amide bonds. The number of nitrogens with zero attached hydrogens (tertiary/aromatic N) is 2. The molecule has 0 fully saturated rings. The van der Waals surface area contributed by atoms with Gasteiger partial charge in [-0.1, -0.05) is 40.6 Å². The van der Waals surface area contributed by atoms with Crippen molar-refractivity contribution in [2.24, 2.45) is 4.99 Å². The Morgan fingerprint density at radius 2 is 1.96 bits per heavy atom. The highest BCUT2D eigenvalue weighted by Gasteiger charge is 2.08. The van der Waals surface area contributed by atoms with Crippen LogP contribution in [0.15, 0.2) is 52.4 Å². The number of hydrogen-bond acceptors (Lipinski definition) is 4. The van der Waals surface area contributed by atoms with Gasteiger partial charge < -0.3 is 4.57 Å². The predicted octanol–water partition coefficient (Wildman–Crippen LogP) is 6.03. The first-order chi connectivity index (χ1) is 13.6. The molecule has 0 saturated heterocycles. The minimum absolute atomic E-state index is 0.0555. The number of carbonyl (C=O) groups excluding carboxylic acids is 1. The van der Waals surface area contributed by atoms with Crippen molar-refractivity contribution in [1.82, 2.24) is 4.57 Å². The van der Waals surface area contributed by atoms with Crippen molar-refractivity contribution in [2.75, 3.05) is 17.8 Å². The number of aryl methyl sites for hydroxylation is 2. The molecule has 0 aliphatic carbocycles. The summed E-state index contributed by atoms with van der Waals surface area (Å²) in [4.78, 5) is 18.8. The summed E-state index contributed by atoms with van der Waals surface area (Å²) in [5.74, 6) is 1.84. The Labute approximate surface area is 183 Å². The van der Waals surface area contributed by atoms with E-state index in [0.717, 1.165) is 39.5 Å². The van der Waals surface area contributed by atoms with E-state index in [1.807, 2.05) is 18.2 Å². The molecule has 3 nitrogen and oxygen atoms in total. The number of aromatic nitrogens is 1. The van der Waals surface area contributed by atoms with Gasteiger partial charge >= 0.3 is 0 Å². The molecule has 0 unspecified atom stereocenters. The highest BCUT2D eigenvalue weighted by molar-refractivity contribution is 7.99. The van der Waals surface area contributed by atoms with Gasteiger partial charge in [-0.2, -0.15) is 16.8 Å². The van der Waals surface area contributed by atoms with Crippen molar-refractivity contribution in [3.05, 3.63) is 57.9 Å². The highest BCUT2D eigenvalue weighted by Crippen LogP contribution is 2.22. The first kappa shape index (κ1) is 21.5. The van der Waals surface area contributed by atoms with Gasteiger partial charge in [0.25, 0.3) is 0 Å². The Morgan fingerprint density at radius 1 is 1.18 bits per heavy atom. The smallest absolute Gasteiger partial charge is 0.248 e. The van der Waals surface area contributed by atoms with E-state index in [9.17, 15) is 4.79 Å². The zero-order valence-electron chi connectivity index (χ0n) is 16.0. The lowest BCUT2D eigenvalue weighted by Gasteiger charge is -2.04. The summed E-state index contributed by atoms with van der Waals surface area (Å²) in [5.41, 5.74) is 2.35. The van der Waals surface area contributed by atoms with Crippen LogP contribution in [0.25, 0.3) is 10.2 Å². The van der Waals surface area contributed by atoms with Crippen LogP contribution in [0, 0.1) is 6.92 Å². The molecule has 0 aliphatic rings. The standard InChI is InChI=1S/C21H23ClN2OS3/c1-15-5-8-17(9-6-15)27-12-3-4-20(25)23-21-24(11-13-26-2)18-10-7-16(22)14-19(18)28-21/h5-10,14H,3-4,11-13H2,1-2H3. The fourth-order valence-electron chi connectivity index (χ4n) is 2.74. The molecule has 0 aliphatic heterocycles. The van der Waals surface area contributed by atoms with E-state index in [2.05, 4.69) is 47.0 Å². The maximum Gasteiger partial charge on any atom is 0.248 e. The van der Waals surface area contributed by atoms with Crippen molar-refractivity contribution in [3.8, 4) is 0 Å². The van der Waals surface area contributed by atoms with Gasteiger partial charge in [-0.25, -0.2) is 0 Å². The van der Waals surface area contributed by atoms with Crippen LogP contribution < -0.4 is 4.80 Å². The van der Waals surface area contributed by atoms with Gasteiger partial charge in [-0.15, -0.1) is 11.8 Å². The van der Waals surface area contributed by atoms with E-state index in [0.29, 0.717) is 11.4 Å². The molecule has 0 radical (unpaired) electrons. The Balaban J connectivity index is 1.66. The number of halogens is 1. The van der Waals surface area contributed by atoms with Crippen LogP contribution >= 0.6 is 46.5 Å². The molecule has 1 aromatic heterocycles. The second-order valence-corrected chi connectivity index (χ2v) is 10.0. The van der Waals surface area contributed by atoms with Gasteiger partial charge in [0, 0.05) is 28.6 Å². The van der Waals surface area contributed by atoms with Crippen molar-refractivity contribution in [1.29, 1.82) is 0 Å². The number of thiazole rings is 1. The summed E-state index contributed by atoms with van der Waals surface area (Å²) < 4.78 is 3.20. The molecule has 3 aromatic rings. The molecule has 0 bridgehead atoms. The van der Waals surface area contributed by atoms with E-state index < -0.39 is 0 Å². The van der Waals surface area contributed by atoms with Crippen LogP contribution in [0.2, 0.25) is 5.02 Å². The van der Waals surface area contributed by atoms with Gasteiger partial charge in [0.15, 0.2) is 4.80 Å². The number of amides is 1. The fourth-order valence-corrected chi connectivity index (χ4v) is 5.31. The van der Waals surface area contributed by atoms with Crippen molar-refractivity contribution in [2.45, 2.75) is 31.2 Å². The molecular weight excluding hydrogens is 428 g/mol. The summed E-state index contributed by atoms with van der Waals surface area (Å²) >= 11 is 11.2. The lowest BCUT2D eigenvalue weighted by molar-refractivity contribution is -0.118. The molecule has 3 rings (SSSR count). The second kappa shape index (κ2) is 10.5. The SMILES string of the molecule is CSCCn1c(=NC(=O)CCCSc2ccc(C)cc2)sc2cc(Cl)ccc21. The number of hydrogen-bond donors (Lipinski definition) is 0. The first-order valence-corrected chi connectivity index (χ1v) is 12.7. The Morgan fingerprint density at radius 3 is 2.71 bits per heavy atom. The third-order valence-corrected chi connectivity index (χ3v) is 7.17. The maximum absolute atomic E-state index is 12.4. The minimum Gasteiger partial charge on any atom is -0.316 e. The summed E-state index contributed by atoms with van der Waals surface area (Å²) in [7, 11) is 0. The highest BCUT2D eigenvalue weighted by atomic mass is 35.5. The van der Waals surface area contributed by atoms with Crippen LogP contribution in [-0.4, -0.2) is 28.2 Å². The predicted molar refractivity (Wildman–Crippen MR) is 125 cm³/mol. The molecule has 148 valence electrons. The maximum atomic E-state index is 12.4. The number of thioether (sulfide) groups is 2. The van der Waals surface area contributed by atoms with Gasteiger partial charge in [0.05, 0.1) is 10.2 Å². The quantitative estimate of drug-likeness (QED) is 0.310. The molecule has 7 heteroatoms. The first-order valence-electron chi connectivity index (χ1n) is 9.11. The molecule has 0 saturated carbocycles. The molecule has 28 heavy (non-hydrogen) atoms. The van der Waals surface area contributed by atoms with E-state index >= 15 is 0 Å². The van der Waals surface area contributed by atoms with Gasteiger partial charge in [0.2, 0.25) is 5.91 Å². The summed E-state index contributed by atoms with van der Waals surface area (Å²) in [6, 6.07) is 14.3. The minimum atomic E-state index is -0.0555. The van der Waals surface area contributed by atoms with Crippen LogP contribution in [0.5, 0.6) is 0 Å². The van der Waals surface area contributed by atoms with Crippen LogP contribution in [0.1, 0.15) is 18.4 Å². The molecule has 2 aromatic carbocycles. The number of rotatable bonds is 8. The molecule has 0 atom stereocenters. The number of benzene rings is 2. The van der Waals surface area contributed by atoms with E-state index in [1.165, 1.54) is 21.8 Å². The summed E-state index contributed by atoms with van der Waals surface area (Å²) in [6.45, 7) is 2.92. The largest absolute Gasteiger partial charge is 0.316 e. The zero-order chi connectivity index (χ0) is 19.9. The van der Waals surface area contributed by atoms with Crippen molar-refractivity contribution >= 4 is 62.6 Å². The number of fused-ring (bicyclic) bond motifs is 1. The zero-order valence-corrected chi connectivity index (χ0v) is 19.2. The summed E-state index contributed by atoms with van der Waals surface area (Å²) in [5, 5.41) is 0.705. The molecule has 1 heterocycles. The van der Waals surface area contributed by atoms with Gasteiger partial charge in [0.1, 0.15) is 0 Å². The average molecular weight is 451 g/mol. The third-order valence-electron chi connectivity index (χ3n) is 4.21. The average Bonchev–Trinajstić information content (AvgIpc) is 3.00. The topological polar surface area (TPSA) is 34.4 Å². The van der Waals surface area contributed by atoms with Crippen LogP contribution in [-0.2, 0) is 11.3 Å². The van der Waals surface area contributed by atoms with Crippen molar-refractivity contribution < 1.29 is 4.79 Å². The van der Waals surface area contributed by atoms with Crippen molar-refractivity contribution in [3.63, 3.8) is 0 Å². The number of carbonyl (C=O) groups is 1. The Bertz CT molecular complexity index is 1010. The normalized spacial score (nSPS) is 12.0. The van der Waals surface area contributed by atoms with Crippen LogP contribution in [0.4, 0.5) is 0 Å². The van der Waals surface area contributed by atoms with Crippen LogP contribution in [0.3, 0.4) is 0 Å². The van der Waals surface area contributed by atoms with E-state index in [1.54, 1.807) is 23.5 Å².